The fourth-order valence-corrected chi connectivity index (χ4v) is 2.45. The van der Waals surface area contributed by atoms with Crippen LogP contribution in [0.1, 0.15) is 12.8 Å². The molecule has 0 radical (unpaired) electrons. The van der Waals surface area contributed by atoms with Gasteiger partial charge in [0.25, 0.3) is 0 Å². The Morgan fingerprint density at radius 3 is 2.88 bits per heavy atom. The highest BCUT2D eigenvalue weighted by atomic mass is 79.9. The number of anilines is 1. The molecule has 2 heterocycles. The molecule has 1 aromatic heterocycles. The molecule has 92 valence electrons. The maximum absolute atomic E-state index is 12.0. The minimum atomic E-state index is 0.163. The number of hydrogen-bond acceptors (Lipinski definition) is 4. The topological polar surface area (TPSA) is 49.3 Å². The average Bonchev–Trinajstić information content (AvgIpc) is 2.82. The molecule has 17 heavy (non-hydrogen) atoms. The van der Waals surface area contributed by atoms with Crippen molar-refractivity contribution in [1.82, 2.24) is 14.9 Å². The van der Waals surface area contributed by atoms with E-state index in [1.807, 2.05) is 16.8 Å². The van der Waals surface area contributed by atoms with Crippen LogP contribution in [0.2, 0.25) is 0 Å². The zero-order valence-electron chi connectivity index (χ0n) is 9.77. The van der Waals surface area contributed by atoms with Gasteiger partial charge >= 0.3 is 0 Å². The van der Waals surface area contributed by atoms with Gasteiger partial charge in [-0.3, -0.25) is 4.79 Å². The third kappa shape index (κ3) is 2.94. The van der Waals surface area contributed by atoms with E-state index >= 15 is 0 Å². The van der Waals surface area contributed by atoms with E-state index in [4.69, 9.17) is 0 Å². The van der Waals surface area contributed by atoms with E-state index in [-0.39, 0.29) is 5.91 Å². The van der Waals surface area contributed by atoms with E-state index < -0.39 is 0 Å². The van der Waals surface area contributed by atoms with E-state index in [0.29, 0.717) is 6.54 Å². The third-order valence-corrected chi connectivity index (χ3v) is 3.40. The highest BCUT2D eigenvalue weighted by Crippen LogP contribution is 2.20. The molecule has 1 aliphatic heterocycles. The van der Waals surface area contributed by atoms with Gasteiger partial charge in [-0.25, -0.2) is 9.97 Å². The molecule has 0 aliphatic carbocycles. The Hall–Kier alpha value is -1.17. The molecule has 1 amide bonds. The molecule has 2 rings (SSSR count). The fraction of sp³-hybridized carbons (Fsp3) is 0.545. The first-order valence-corrected chi connectivity index (χ1v) is 6.42. The largest absolute Gasteiger partial charge is 0.349 e. The van der Waals surface area contributed by atoms with Crippen molar-refractivity contribution in [3.05, 3.63) is 17.0 Å². The van der Waals surface area contributed by atoms with Crippen molar-refractivity contribution in [2.45, 2.75) is 12.8 Å². The summed E-state index contributed by atoms with van der Waals surface area (Å²) in [5, 5.41) is 0. The van der Waals surface area contributed by atoms with Crippen molar-refractivity contribution in [3.8, 4) is 0 Å². The third-order valence-electron chi connectivity index (χ3n) is 2.84. The second kappa shape index (κ2) is 5.44. The average molecular weight is 299 g/mol. The number of halogens is 1. The zero-order chi connectivity index (χ0) is 12.3. The summed E-state index contributed by atoms with van der Waals surface area (Å²) in [6, 6.07) is 0. The molecule has 1 aromatic rings. The molecule has 6 heteroatoms. The highest BCUT2D eigenvalue weighted by Gasteiger charge is 2.20. The number of rotatable bonds is 3. The van der Waals surface area contributed by atoms with Crippen LogP contribution < -0.4 is 4.90 Å². The van der Waals surface area contributed by atoms with E-state index in [2.05, 4.69) is 25.9 Å². The summed E-state index contributed by atoms with van der Waals surface area (Å²) in [4.78, 5) is 23.8. The van der Waals surface area contributed by atoms with Crippen LogP contribution in [0.5, 0.6) is 0 Å². The number of hydrogen-bond donors (Lipinski definition) is 0. The van der Waals surface area contributed by atoms with Crippen LogP contribution in [0.15, 0.2) is 17.0 Å². The number of aromatic nitrogens is 2. The number of amides is 1. The molecule has 0 N–H and O–H groups in total. The van der Waals surface area contributed by atoms with Crippen LogP contribution in [0, 0.1) is 0 Å². The number of carbonyl (C=O) groups is 1. The van der Waals surface area contributed by atoms with Gasteiger partial charge in [0.05, 0.1) is 11.0 Å². The second-order valence-corrected chi connectivity index (χ2v) is 4.99. The van der Waals surface area contributed by atoms with E-state index in [1.165, 1.54) is 6.33 Å². The van der Waals surface area contributed by atoms with Crippen LogP contribution in [0.25, 0.3) is 0 Å². The molecule has 0 aromatic carbocycles. The Kier molecular flexibility index (Phi) is 3.93. The Balaban J connectivity index is 1.99. The van der Waals surface area contributed by atoms with Gasteiger partial charge in [0.2, 0.25) is 5.91 Å². The summed E-state index contributed by atoms with van der Waals surface area (Å²) in [6.07, 6.45) is 5.40. The van der Waals surface area contributed by atoms with Crippen molar-refractivity contribution >= 4 is 27.7 Å². The van der Waals surface area contributed by atoms with E-state index in [0.717, 1.165) is 36.2 Å². The summed E-state index contributed by atoms with van der Waals surface area (Å²) in [5.41, 5.74) is 0. The lowest BCUT2D eigenvalue weighted by Crippen LogP contribution is -2.37. The molecular weight excluding hydrogens is 284 g/mol. The van der Waals surface area contributed by atoms with Crippen LogP contribution in [-0.2, 0) is 4.79 Å². The maximum atomic E-state index is 12.0. The summed E-state index contributed by atoms with van der Waals surface area (Å²) in [6.45, 7) is 2.13. The molecule has 1 saturated heterocycles. The number of carbonyl (C=O) groups excluding carboxylic acids is 1. The first kappa shape index (κ1) is 12.3. The summed E-state index contributed by atoms with van der Waals surface area (Å²) in [5.74, 6) is 0.906. The Labute approximate surface area is 109 Å². The van der Waals surface area contributed by atoms with Crippen molar-refractivity contribution in [2.75, 3.05) is 31.6 Å². The maximum Gasteiger partial charge on any atom is 0.242 e. The standard InChI is InChI=1S/C11H15BrN4O/c1-15(11-9(12)6-13-8-14-11)7-10(17)16-4-2-3-5-16/h6,8H,2-5,7H2,1H3. The van der Waals surface area contributed by atoms with Crippen molar-refractivity contribution < 1.29 is 4.79 Å². The number of likely N-dealkylation sites (N-methyl/N-ethyl adjacent to an activating group) is 1. The summed E-state index contributed by atoms with van der Waals surface area (Å²) < 4.78 is 0.803. The lowest BCUT2D eigenvalue weighted by Gasteiger charge is -2.22. The van der Waals surface area contributed by atoms with E-state index in [9.17, 15) is 4.79 Å². The zero-order valence-corrected chi connectivity index (χ0v) is 11.4. The molecule has 1 aliphatic rings. The van der Waals surface area contributed by atoms with Gasteiger partial charge in [-0.2, -0.15) is 0 Å². The predicted molar refractivity (Wildman–Crippen MR) is 68.8 cm³/mol. The SMILES string of the molecule is CN(CC(=O)N1CCCC1)c1ncncc1Br. The lowest BCUT2D eigenvalue weighted by molar-refractivity contribution is -0.128. The normalized spacial score (nSPS) is 15.1. The van der Waals surface area contributed by atoms with Gasteiger partial charge in [0, 0.05) is 26.3 Å². The van der Waals surface area contributed by atoms with Crippen LogP contribution >= 0.6 is 15.9 Å². The molecule has 0 unspecified atom stereocenters. The fourth-order valence-electron chi connectivity index (χ4n) is 1.93. The van der Waals surface area contributed by atoms with E-state index in [1.54, 1.807) is 6.20 Å². The van der Waals surface area contributed by atoms with Crippen molar-refractivity contribution in [3.63, 3.8) is 0 Å². The molecule has 1 fully saturated rings. The molecule has 0 saturated carbocycles. The quantitative estimate of drug-likeness (QED) is 0.844. The highest BCUT2D eigenvalue weighted by molar-refractivity contribution is 9.10. The Morgan fingerprint density at radius 1 is 1.53 bits per heavy atom. The van der Waals surface area contributed by atoms with Crippen molar-refractivity contribution in [2.24, 2.45) is 0 Å². The number of nitrogens with zero attached hydrogens (tertiary/aromatic N) is 4. The van der Waals surface area contributed by atoms with Gasteiger partial charge in [0.15, 0.2) is 0 Å². The van der Waals surface area contributed by atoms with Crippen LogP contribution in [0.3, 0.4) is 0 Å². The smallest absolute Gasteiger partial charge is 0.242 e. The minimum Gasteiger partial charge on any atom is -0.349 e. The van der Waals surface area contributed by atoms with Gasteiger partial charge in [-0.1, -0.05) is 0 Å². The van der Waals surface area contributed by atoms with Crippen LogP contribution in [0.4, 0.5) is 5.82 Å². The first-order chi connectivity index (χ1) is 8.18. The van der Waals surface area contributed by atoms with Gasteiger partial charge in [0.1, 0.15) is 12.1 Å². The molecule has 0 atom stereocenters. The Bertz CT molecular complexity index is 406. The number of likely N-dealkylation sites (tertiary alicyclic amines) is 1. The van der Waals surface area contributed by atoms with Crippen molar-refractivity contribution in [1.29, 1.82) is 0 Å². The summed E-state index contributed by atoms with van der Waals surface area (Å²) >= 11 is 3.38. The molecule has 5 nitrogen and oxygen atoms in total. The van der Waals surface area contributed by atoms with Gasteiger partial charge in [-0.05, 0) is 28.8 Å². The molecule has 0 spiro atoms. The van der Waals surface area contributed by atoms with Gasteiger partial charge < -0.3 is 9.80 Å². The summed E-state index contributed by atoms with van der Waals surface area (Å²) in [7, 11) is 1.86. The molecular formula is C11H15BrN4O. The van der Waals surface area contributed by atoms with Crippen LogP contribution in [-0.4, -0.2) is 47.5 Å². The minimum absolute atomic E-state index is 0.163. The van der Waals surface area contributed by atoms with Gasteiger partial charge in [-0.15, -0.1) is 0 Å². The second-order valence-electron chi connectivity index (χ2n) is 4.14. The monoisotopic (exact) mass is 298 g/mol. The predicted octanol–water partition coefficient (Wildman–Crippen LogP) is 1.30. The lowest BCUT2D eigenvalue weighted by atomic mass is 10.4. The Morgan fingerprint density at radius 2 is 2.24 bits per heavy atom. The first-order valence-electron chi connectivity index (χ1n) is 5.63. The molecule has 0 bridgehead atoms.